The van der Waals surface area contributed by atoms with Crippen molar-refractivity contribution in [3.63, 3.8) is 0 Å². The summed E-state index contributed by atoms with van der Waals surface area (Å²) in [5.74, 6) is -2.88. The Balaban J connectivity index is 1.49. The molecule has 3 aliphatic heterocycles. The number of benzene rings is 2. The van der Waals surface area contributed by atoms with Crippen molar-refractivity contribution in [1.82, 2.24) is 0 Å². The third-order valence-corrected chi connectivity index (χ3v) is 7.57. The summed E-state index contributed by atoms with van der Waals surface area (Å²) in [7, 11) is 0. The largest absolute Gasteiger partial charge is 0.507 e. The lowest BCUT2D eigenvalue weighted by Crippen LogP contribution is -2.59. The van der Waals surface area contributed by atoms with E-state index in [-0.39, 0.29) is 22.6 Å². The van der Waals surface area contributed by atoms with Gasteiger partial charge in [-0.2, -0.15) is 0 Å². The monoisotopic (exact) mass is 596 g/mol. The van der Waals surface area contributed by atoms with Crippen molar-refractivity contribution in [1.29, 1.82) is 0 Å². The number of hydrogen-bond acceptors (Lipinski definition) is 15. The number of aliphatic hydroxyl groups is 6. The van der Waals surface area contributed by atoms with Crippen molar-refractivity contribution in [2.75, 3.05) is 0 Å². The number of aromatic hydroxyl groups is 3. The number of ether oxygens (including phenoxy) is 5. The quantitative estimate of drug-likeness (QED) is 0.179. The first-order valence-electron chi connectivity index (χ1n) is 13.1. The van der Waals surface area contributed by atoms with E-state index in [0.29, 0.717) is 0 Å². The van der Waals surface area contributed by atoms with Crippen LogP contribution < -0.4 is 9.47 Å². The van der Waals surface area contributed by atoms with Crippen LogP contribution in [0.3, 0.4) is 0 Å². The standard InChI is InChI=1S/C27H32O15/c1-8-17(31)20(34)22(36)26(38-8)40-11-6-14(30)16-15(7-11)41-24(10-3-4-12(28)13(29)5-10)25(19(16)33)42-27-23(37)21(35)18(32)9(2)39-27/h3-9,17-18,20-32,34-37H,1-2H3/t8-,9+,17-,18+,20+,21-,22+,23-,24-,25+,26-,27?/m0/s1. The van der Waals surface area contributed by atoms with Crippen LogP contribution in [0.1, 0.15) is 35.9 Å². The zero-order chi connectivity index (χ0) is 30.6. The fourth-order valence-corrected chi connectivity index (χ4v) is 5.07. The van der Waals surface area contributed by atoms with Crippen molar-refractivity contribution >= 4 is 5.78 Å². The van der Waals surface area contributed by atoms with Crippen molar-refractivity contribution in [2.45, 2.75) is 87.5 Å². The van der Waals surface area contributed by atoms with Crippen LogP contribution in [0.5, 0.6) is 28.7 Å². The second kappa shape index (κ2) is 11.4. The van der Waals surface area contributed by atoms with Crippen LogP contribution in [0.15, 0.2) is 30.3 Å². The summed E-state index contributed by atoms with van der Waals surface area (Å²) in [6.45, 7) is 2.87. The number of hydrogen-bond donors (Lipinski definition) is 9. The average molecular weight is 597 g/mol. The molecular formula is C27H32O15. The maximum absolute atomic E-state index is 13.8. The predicted molar refractivity (Wildman–Crippen MR) is 136 cm³/mol. The maximum Gasteiger partial charge on any atom is 0.229 e. The lowest BCUT2D eigenvalue weighted by atomic mass is 9.92. The van der Waals surface area contributed by atoms with E-state index in [2.05, 4.69) is 0 Å². The van der Waals surface area contributed by atoms with Crippen molar-refractivity contribution < 1.29 is 74.4 Å². The van der Waals surface area contributed by atoms with Gasteiger partial charge in [-0.1, -0.05) is 6.07 Å². The first-order chi connectivity index (χ1) is 19.8. The number of carbonyl (C=O) groups excluding carboxylic acids is 1. The maximum atomic E-state index is 13.8. The van der Waals surface area contributed by atoms with E-state index in [9.17, 15) is 50.8 Å². The summed E-state index contributed by atoms with van der Waals surface area (Å²) in [5.41, 5.74) is -0.240. The summed E-state index contributed by atoms with van der Waals surface area (Å²) in [6.07, 6.45) is -17.5. The Morgan fingerprint density at radius 1 is 0.690 bits per heavy atom. The zero-order valence-electron chi connectivity index (χ0n) is 22.3. The van der Waals surface area contributed by atoms with Crippen LogP contribution in [0, 0.1) is 0 Å². The zero-order valence-corrected chi connectivity index (χ0v) is 22.3. The molecule has 0 saturated carbocycles. The molecule has 15 heteroatoms. The number of rotatable bonds is 5. The highest BCUT2D eigenvalue weighted by molar-refractivity contribution is 6.05. The van der Waals surface area contributed by atoms with Crippen molar-refractivity contribution in [3.05, 3.63) is 41.5 Å². The highest BCUT2D eigenvalue weighted by Gasteiger charge is 2.49. The molecule has 42 heavy (non-hydrogen) atoms. The van der Waals surface area contributed by atoms with Crippen LogP contribution >= 0.6 is 0 Å². The number of carbonyl (C=O) groups is 1. The Morgan fingerprint density at radius 2 is 1.29 bits per heavy atom. The molecule has 15 nitrogen and oxygen atoms in total. The van der Waals surface area contributed by atoms with Gasteiger partial charge in [0.1, 0.15) is 59.4 Å². The Kier molecular flexibility index (Phi) is 8.23. The second-order valence-corrected chi connectivity index (χ2v) is 10.5. The summed E-state index contributed by atoms with van der Waals surface area (Å²) >= 11 is 0. The fourth-order valence-electron chi connectivity index (χ4n) is 5.07. The van der Waals surface area contributed by atoms with Crippen LogP contribution in [0.4, 0.5) is 0 Å². The number of ketones is 1. The second-order valence-electron chi connectivity index (χ2n) is 10.5. The summed E-state index contributed by atoms with van der Waals surface area (Å²) in [4.78, 5) is 13.8. The minimum atomic E-state index is -1.78. The van der Waals surface area contributed by atoms with E-state index < -0.39 is 96.7 Å². The molecule has 2 fully saturated rings. The summed E-state index contributed by atoms with van der Waals surface area (Å²) in [6, 6.07) is 5.79. The third kappa shape index (κ3) is 5.34. The first kappa shape index (κ1) is 30.2. The number of phenols is 3. The van der Waals surface area contributed by atoms with Crippen LogP contribution in [0.25, 0.3) is 0 Å². The minimum Gasteiger partial charge on any atom is -0.507 e. The predicted octanol–water partition coefficient (Wildman–Crippen LogP) is -1.46. The lowest BCUT2D eigenvalue weighted by Gasteiger charge is -2.42. The van der Waals surface area contributed by atoms with Gasteiger partial charge in [0.25, 0.3) is 0 Å². The van der Waals surface area contributed by atoms with Gasteiger partial charge in [-0.3, -0.25) is 4.79 Å². The van der Waals surface area contributed by atoms with Crippen molar-refractivity contribution in [3.8, 4) is 28.7 Å². The van der Waals surface area contributed by atoms with Gasteiger partial charge < -0.3 is 69.6 Å². The molecule has 0 radical (unpaired) electrons. The van der Waals surface area contributed by atoms with Gasteiger partial charge in [0.15, 0.2) is 30.0 Å². The van der Waals surface area contributed by atoms with E-state index in [1.165, 1.54) is 26.0 Å². The molecule has 2 aromatic carbocycles. The molecular weight excluding hydrogens is 564 g/mol. The number of phenolic OH excluding ortho intramolecular Hbond substituents is 3. The van der Waals surface area contributed by atoms with Gasteiger partial charge in [0.05, 0.1) is 12.2 Å². The van der Waals surface area contributed by atoms with Gasteiger partial charge in [-0.05, 0) is 31.5 Å². The SMILES string of the molecule is C[C@@H]1O[C@@H](Oc2cc(O)c3c(c2)O[C@@H](c2ccc(O)c(O)c2)[C@H](OC2O[C@H](C)[C@@H](O)[C@H](O)[C@@H]2O)C3=O)[C@H](O)[C@H](O)[C@H]1O. The van der Waals surface area contributed by atoms with Gasteiger partial charge in [-0.25, -0.2) is 0 Å². The molecule has 2 saturated heterocycles. The summed E-state index contributed by atoms with van der Waals surface area (Å²) < 4.78 is 28.3. The first-order valence-corrected chi connectivity index (χ1v) is 13.1. The molecule has 3 heterocycles. The van der Waals surface area contributed by atoms with Gasteiger partial charge in [0.2, 0.25) is 12.1 Å². The van der Waals surface area contributed by atoms with E-state index in [4.69, 9.17) is 23.7 Å². The molecule has 2 aromatic rings. The molecule has 230 valence electrons. The van der Waals surface area contributed by atoms with Crippen molar-refractivity contribution in [2.24, 2.45) is 0 Å². The van der Waals surface area contributed by atoms with E-state index in [1.54, 1.807) is 0 Å². The molecule has 3 aliphatic rings. The highest BCUT2D eigenvalue weighted by Crippen LogP contribution is 2.45. The molecule has 0 amide bonds. The van der Waals surface area contributed by atoms with Gasteiger partial charge >= 0.3 is 0 Å². The normalized spacial score (nSPS) is 38.4. The number of Topliss-reactive ketones (excluding diaryl/α,β-unsaturated/α-hetero) is 1. The Bertz CT molecular complexity index is 1320. The number of fused-ring (bicyclic) bond motifs is 1. The third-order valence-electron chi connectivity index (χ3n) is 7.57. The molecule has 0 spiro atoms. The Morgan fingerprint density at radius 3 is 1.90 bits per heavy atom. The molecule has 0 aromatic heterocycles. The fraction of sp³-hybridized carbons (Fsp3) is 0.519. The summed E-state index contributed by atoms with van der Waals surface area (Å²) in [5, 5.41) is 91.8. The van der Waals surface area contributed by atoms with Gasteiger partial charge in [0, 0.05) is 12.1 Å². The Labute approximate surface area is 238 Å². The lowest BCUT2D eigenvalue weighted by molar-refractivity contribution is -0.304. The highest BCUT2D eigenvalue weighted by atomic mass is 16.7. The molecule has 12 atom stereocenters. The van der Waals surface area contributed by atoms with E-state index in [1.807, 2.05) is 0 Å². The van der Waals surface area contributed by atoms with E-state index >= 15 is 0 Å². The molecule has 1 unspecified atom stereocenters. The van der Waals surface area contributed by atoms with Crippen LogP contribution in [0.2, 0.25) is 0 Å². The van der Waals surface area contributed by atoms with Crippen LogP contribution in [-0.2, 0) is 14.2 Å². The average Bonchev–Trinajstić information content (AvgIpc) is 2.94. The topological polar surface area (TPSA) is 245 Å². The Hall–Kier alpha value is -3.25. The molecule has 5 rings (SSSR count). The smallest absolute Gasteiger partial charge is 0.229 e. The minimum absolute atomic E-state index is 0.121. The van der Waals surface area contributed by atoms with Gasteiger partial charge in [-0.15, -0.1) is 0 Å². The number of aliphatic hydroxyl groups excluding tert-OH is 6. The van der Waals surface area contributed by atoms with Crippen LogP contribution in [-0.4, -0.2) is 119 Å². The molecule has 0 aliphatic carbocycles. The molecule has 9 N–H and O–H groups in total. The van der Waals surface area contributed by atoms with E-state index in [0.717, 1.165) is 18.2 Å². The molecule has 0 bridgehead atoms.